The van der Waals surface area contributed by atoms with E-state index in [9.17, 15) is 0 Å². The molecule has 0 spiro atoms. The number of aromatic nitrogens is 4. The molecule has 0 atom stereocenters. The van der Waals surface area contributed by atoms with Crippen LogP contribution in [-0.2, 0) is 0 Å². The van der Waals surface area contributed by atoms with E-state index in [0.717, 1.165) is 60.9 Å². The van der Waals surface area contributed by atoms with Gasteiger partial charge in [0.05, 0.1) is 5.39 Å². The van der Waals surface area contributed by atoms with E-state index in [0.29, 0.717) is 0 Å². The largest absolute Gasteiger partial charge is 0.370 e. The summed E-state index contributed by atoms with van der Waals surface area (Å²) in [5.41, 5.74) is 0. The fraction of sp³-hybridized carbons (Fsp3) is 0.474. The van der Waals surface area contributed by atoms with Gasteiger partial charge in [-0.25, -0.2) is 19.9 Å². The van der Waals surface area contributed by atoms with Gasteiger partial charge in [-0.05, 0) is 31.7 Å². The van der Waals surface area contributed by atoms with Crippen molar-refractivity contribution in [2.24, 2.45) is 5.92 Å². The second-order valence-electron chi connectivity index (χ2n) is 7.33. The third-order valence-corrected chi connectivity index (χ3v) is 6.21. The zero-order chi connectivity index (χ0) is 18.2. The van der Waals surface area contributed by atoms with Gasteiger partial charge in [0, 0.05) is 43.7 Å². The Hall–Kier alpha value is -2.48. The first-order chi connectivity index (χ1) is 13.3. The molecule has 0 aromatic carbocycles. The van der Waals surface area contributed by atoms with Gasteiger partial charge >= 0.3 is 0 Å². The molecule has 1 N–H and O–H groups in total. The molecule has 4 heterocycles. The van der Waals surface area contributed by atoms with Crippen LogP contribution in [-0.4, -0.2) is 52.7 Å². The molecule has 2 aliphatic rings. The molecule has 2 fully saturated rings. The molecule has 1 aliphatic carbocycles. The molecule has 140 valence electrons. The lowest BCUT2D eigenvalue weighted by Crippen LogP contribution is -2.47. The van der Waals surface area contributed by atoms with Crippen LogP contribution in [0, 0.1) is 12.8 Å². The minimum absolute atomic E-state index is 0.831. The molecular formula is C19H23N7S. The second kappa shape index (κ2) is 6.92. The molecule has 1 aliphatic heterocycles. The van der Waals surface area contributed by atoms with Gasteiger partial charge in [0.2, 0.25) is 0 Å². The van der Waals surface area contributed by atoms with Crippen molar-refractivity contribution in [1.29, 1.82) is 0 Å². The van der Waals surface area contributed by atoms with E-state index in [1.807, 2.05) is 0 Å². The number of thiophene rings is 1. The first-order valence-electron chi connectivity index (χ1n) is 9.53. The van der Waals surface area contributed by atoms with Crippen LogP contribution < -0.4 is 15.1 Å². The Labute approximate surface area is 162 Å². The molecule has 7 nitrogen and oxygen atoms in total. The average Bonchev–Trinajstić information content (AvgIpc) is 3.45. The van der Waals surface area contributed by atoms with Crippen LogP contribution >= 0.6 is 11.3 Å². The fourth-order valence-electron chi connectivity index (χ4n) is 3.55. The Morgan fingerprint density at radius 1 is 1.00 bits per heavy atom. The minimum atomic E-state index is 0.831. The number of aryl methyl sites for hydroxylation is 1. The number of rotatable bonds is 5. The fourth-order valence-corrected chi connectivity index (χ4v) is 4.39. The average molecular weight is 382 g/mol. The first-order valence-corrected chi connectivity index (χ1v) is 10.3. The molecule has 0 bridgehead atoms. The van der Waals surface area contributed by atoms with Gasteiger partial charge in [-0.2, -0.15) is 0 Å². The maximum Gasteiger partial charge on any atom is 0.140 e. The van der Waals surface area contributed by atoms with Crippen molar-refractivity contribution in [3.05, 3.63) is 29.7 Å². The Morgan fingerprint density at radius 2 is 1.78 bits per heavy atom. The van der Waals surface area contributed by atoms with Crippen molar-refractivity contribution < 1.29 is 0 Å². The number of fused-ring (bicyclic) bond motifs is 1. The van der Waals surface area contributed by atoms with Crippen molar-refractivity contribution in [2.75, 3.05) is 47.8 Å². The van der Waals surface area contributed by atoms with Crippen molar-refractivity contribution >= 4 is 39.0 Å². The van der Waals surface area contributed by atoms with Crippen LogP contribution in [0.15, 0.2) is 24.8 Å². The van der Waals surface area contributed by atoms with Gasteiger partial charge in [0.15, 0.2) is 0 Å². The van der Waals surface area contributed by atoms with Gasteiger partial charge in [-0.3, -0.25) is 0 Å². The molecule has 0 radical (unpaired) electrons. The Morgan fingerprint density at radius 3 is 2.59 bits per heavy atom. The van der Waals surface area contributed by atoms with Gasteiger partial charge in [0.1, 0.15) is 34.9 Å². The number of anilines is 3. The summed E-state index contributed by atoms with van der Waals surface area (Å²) in [6.07, 6.45) is 6.03. The highest BCUT2D eigenvalue weighted by Gasteiger charge is 2.23. The van der Waals surface area contributed by atoms with Crippen molar-refractivity contribution in [3.8, 4) is 0 Å². The zero-order valence-electron chi connectivity index (χ0n) is 15.4. The zero-order valence-corrected chi connectivity index (χ0v) is 16.2. The van der Waals surface area contributed by atoms with Gasteiger partial charge in [-0.15, -0.1) is 11.3 Å². The topological polar surface area (TPSA) is 70.1 Å². The Bertz CT molecular complexity index is 944. The summed E-state index contributed by atoms with van der Waals surface area (Å²) in [4.78, 5) is 24.9. The monoisotopic (exact) mass is 381 g/mol. The Kier molecular flexibility index (Phi) is 4.27. The summed E-state index contributed by atoms with van der Waals surface area (Å²) < 4.78 is 0. The summed E-state index contributed by atoms with van der Waals surface area (Å²) in [7, 11) is 0. The highest BCUT2D eigenvalue weighted by atomic mass is 32.1. The molecule has 1 saturated heterocycles. The van der Waals surface area contributed by atoms with E-state index in [4.69, 9.17) is 0 Å². The molecule has 0 unspecified atom stereocenters. The predicted molar refractivity (Wildman–Crippen MR) is 110 cm³/mol. The SMILES string of the molecule is Cc1cc2c(N3CCN(c4cc(NCC5CC5)ncn4)CC3)ncnc2s1. The molecule has 8 heteroatoms. The maximum atomic E-state index is 4.57. The van der Waals surface area contributed by atoms with E-state index < -0.39 is 0 Å². The third-order valence-electron chi connectivity index (χ3n) is 5.26. The predicted octanol–water partition coefficient (Wildman–Crippen LogP) is 2.94. The standard InChI is InChI=1S/C19H23N7S/c1-13-8-15-18(23-12-24-19(15)27-13)26-6-4-25(5-7-26)17-9-16(21-11-22-17)20-10-14-2-3-14/h8-9,11-12,14H,2-7,10H2,1H3,(H,20,21,22). The van der Waals surface area contributed by atoms with Gasteiger partial charge < -0.3 is 15.1 Å². The lowest BCUT2D eigenvalue weighted by atomic mass is 10.2. The number of nitrogens with zero attached hydrogens (tertiary/aromatic N) is 6. The highest BCUT2D eigenvalue weighted by Crippen LogP contribution is 2.31. The van der Waals surface area contributed by atoms with E-state index in [-0.39, 0.29) is 0 Å². The summed E-state index contributed by atoms with van der Waals surface area (Å²) in [5.74, 6) is 3.82. The summed E-state index contributed by atoms with van der Waals surface area (Å²) >= 11 is 1.73. The summed E-state index contributed by atoms with van der Waals surface area (Å²) in [5, 5.41) is 4.61. The molecule has 3 aromatic heterocycles. The smallest absolute Gasteiger partial charge is 0.140 e. The summed E-state index contributed by atoms with van der Waals surface area (Å²) in [6.45, 7) is 6.85. The minimum Gasteiger partial charge on any atom is -0.370 e. The van der Waals surface area contributed by atoms with Crippen LogP contribution in [0.1, 0.15) is 17.7 Å². The van der Waals surface area contributed by atoms with E-state index in [1.54, 1.807) is 24.0 Å². The van der Waals surface area contributed by atoms with E-state index in [1.165, 1.54) is 23.1 Å². The number of hydrogen-bond donors (Lipinski definition) is 1. The molecule has 27 heavy (non-hydrogen) atoms. The Balaban J connectivity index is 1.27. The molecule has 0 amide bonds. The van der Waals surface area contributed by atoms with Crippen LogP contribution in [0.5, 0.6) is 0 Å². The van der Waals surface area contributed by atoms with E-state index >= 15 is 0 Å². The number of hydrogen-bond acceptors (Lipinski definition) is 8. The molecular weight excluding hydrogens is 358 g/mol. The quantitative estimate of drug-likeness (QED) is 0.728. The molecule has 5 rings (SSSR count). The first kappa shape index (κ1) is 16.7. The van der Waals surface area contributed by atoms with E-state index in [2.05, 4.69) is 54.1 Å². The molecule has 1 saturated carbocycles. The third kappa shape index (κ3) is 3.53. The van der Waals surface area contributed by atoms with Gasteiger partial charge in [-0.1, -0.05) is 0 Å². The highest BCUT2D eigenvalue weighted by molar-refractivity contribution is 7.18. The van der Waals surface area contributed by atoms with Crippen molar-refractivity contribution in [3.63, 3.8) is 0 Å². The lowest BCUT2D eigenvalue weighted by Gasteiger charge is -2.36. The normalized spacial score (nSPS) is 17.5. The molecule has 3 aromatic rings. The summed E-state index contributed by atoms with van der Waals surface area (Å²) in [6, 6.07) is 4.27. The maximum absolute atomic E-state index is 4.57. The van der Waals surface area contributed by atoms with Crippen LogP contribution in [0.2, 0.25) is 0 Å². The van der Waals surface area contributed by atoms with Crippen LogP contribution in [0.3, 0.4) is 0 Å². The van der Waals surface area contributed by atoms with Gasteiger partial charge in [0.25, 0.3) is 0 Å². The van der Waals surface area contributed by atoms with Crippen LogP contribution in [0.25, 0.3) is 10.2 Å². The number of piperazine rings is 1. The number of nitrogens with one attached hydrogen (secondary N) is 1. The lowest BCUT2D eigenvalue weighted by molar-refractivity contribution is 0.642. The second-order valence-corrected chi connectivity index (χ2v) is 8.57. The van der Waals surface area contributed by atoms with Crippen LogP contribution in [0.4, 0.5) is 17.5 Å². The van der Waals surface area contributed by atoms with Crippen molar-refractivity contribution in [2.45, 2.75) is 19.8 Å². The van der Waals surface area contributed by atoms with Crippen molar-refractivity contribution in [1.82, 2.24) is 19.9 Å².